The third kappa shape index (κ3) is 2.50. The number of carbonyl (C=O) groups excluding carboxylic acids is 1. The molecule has 0 radical (unpaired) electrons. The SMILES string of the molecule is CCS(=O)(=O)N1CCC[C@]2(CCN(c3cncnc3)C2=O)C1. The molecule has 2 fully saturated rings. The van der Waals surface area contributed by atoms with Crippen molar-refractivity contribution in [3.63, 3.8) is 0 Å². The summed E-state index contributed by atoms with van der Waals surface area (Å²) in [6, 6.07) is 0. The molecular formula is C14H20N4O3S. The minimum Gasteiger partial charge on any atom is -0.309 e. The van der Waals surface area contributed by atoms with Gasteiger partial charge in [-0.2, -0.15) is 0 Å². The Morgan fingerprint density at radius 1 is 1.23 bits per heavy atom. The predicted molar refractivity (Wildman–Crippen MR) is 81.7 cm³/mol. The Bertz CT molecular complexity index is 664. The lowest BCUT2D eigenvalue weighted by molar-refractivity contribution is -0.127. The first-order chi connectivity index (χ1) is 10.5. The summed E-state index contributed by atoms with van der Waals surface area (Å²) in [5, 5.41) is 0. The summed E-state index contributed by atoms with van der Waals surface area (Å²) in [6.07, 6.45) is 6.81. The Balaban J connectivity index is 1.84. The van der Waals surface area contributed by atoms with Crippen LogP contribution in [0.4, 0.5) is 5.69 Å². The highest BCUT2D eigenvalue weighted by Crippen LogP contribution is 2.42. The molecule has 1 aromatic rings. The van der Waals surface area contributed by atoms with Crippen LogP contribution >= 0.6 is 0 Å². The highest BCUT2D eigenvalue weighted by Gasteiger charge is 2.50. The van der Waals surface area contributed by atoms with E-state index in [0.29, 0.717) is 31.7 Å². The molecule has 2 aliphatic rings. The molecule has 2 aliphatic heterocycles. The van der Waals surface area contributed by atoms with E-state index in [1.165, 1.54) is 10.6 Å². The molecule has 1 spiro atoms. The average molecular weight is 324 g/mol. The summed E-state index contributed by atoms with van der Waals surface area (Å²) in [5.41, 5.74) is 0.0934. The Labute approximate surface area is 130 Å². The fourth-order valence-electron chi connectivity index (χ4n) is 3.39. The molecule has 8 heteroatoms. The van der Waals surface area contributed by atoms with E-state index in [0.717, 1.165) is 12.8 Å². The highest BCUT2D eigenvalue weighted by molar-refractivity contribution is 7.89. The van der Waals surface area contributed by atoms with Crippen molar-refractivity contribution in [1.82, 2.24) is 14.3 Å². The van der Waals surface area contributed by atoms with Crippen LogP contribution in [0.5, 0.6) is 0 Å². The minimum atomic E-state index is -3.25. The van der Waals surface area contributed by atoms with E-state index in [9.17, 15) is 13.2 Å². The lowest BCUT2D eigenvalue weighted by atomic mass is 9.79. The smallest absolute Gasteiger partial charge is 0.234 e. The largest absolute Gasteiger partial charge is 0.309 e. The van der Waals surface area contributed by atoms with Crippen molar-refractivity contribution < 1.29 is 13.2 Å². The van der Waals surface area contributed by atoms with Gasteiger partial charge >= 0.3 is 0 Å². The predicted octanol–water partition coefficient (Wildman–Crippen LogP) is 0.645. The Kier molecular flexibility index (Phi) is 3.90. The molecule has 0 N–H and O–H groups in total. The molecule has 7 nitrogen and oxygen atoms in total. The second-order valence-electron chi connectivity index (χ2n) is 5.92. The van der Waals surface area contributed by atoms with Crippen LogP contribution in [0.1, 0.15) is 26.2 Å². The molecule has 120 valence electrons. The molecule has 1 aromatic heterocycles. The topological polar surface area (TPSA) is 83.5 Å². The number of rotatable bonds is 3. The Morgan fingerprint density at radius 3 is 2.64 bits per heavy atom. The molecule has 1 amide bonds. The van der Waals surface area contributed by atoms with E-state index in [-0.39, 0.29) is 11.7 Å². The van der Waals surface area contributed by atoms with Gasteiger partial charge in [-0.3, -0.25) is 4.79 Å². The molecule has 1 atom stereocenters. The highest BCUT2D eigenvalue weighted by atomic mass is 32.2. The normalized spacial score (nSPS) is 26.8. The maximum absolute atomic E-state index is 12.9. The summed E-state index contributed by atoms with van der Waals surface area (Å²) >= 11 is 0. The van der Waals surface area contributed by atoms with Crippen molar-refractivity contribution in [2.24, 2.45) is 5.41 Å². The van der Waals surface area contributed by atoms with Crippen LogP contribution in [0.2, 0.25) is 0 Å². The van der Waals surface area contributed by atoms with Crippen LogP contribution < -0.4 is 4.90 Å². The van der Waals surface area contributed by atoms with Crippen LogP contribution in [0, 0.1) is 5.41 Å². The van der Waals surface area contributed by atoms with Gasteiger partial charge in [-0.1, -0.05) is 0 Å². The molecule has 0 bridgehead atoms. The molecular weight excluding hydrogens is 304 g/mol. The zero-order valence-electron chi connectivity index (χ0n) is 12.6. The summed E-state index contributed by atoms with van der Waals surface area (Å²) in [6.45, 7) is 3.04. The van der Waals surface area contributed by atoms with Gasteiger partial charge in [-0.05, 0) is 26.2 Å². The van der Waals surface area contributed by atoms with Crippen LogP contribution in [0.25, 0.3) is 0 Å². The fraction of sp³-hybridized carbons (Fsp3) is 0.643. The summed E-state index contributed by atoms with van der Waals surface area (Å²) in [5.74, 6) is 0.0753. The number of piperidine rings is 1. The fourth-order valence-corrected chi connectivity index (χ4v) is 4.60. The minimum absolute atomic E-state index is 0.00157. The Hall–Kier alpha value is -1.54. The molecule has 3 rings (SSSR count). The Morgan fingerprint density at radius 2 is 1.95 bits per heavy atom. The number of aromatic nitrogens is 2. The van der Waals surface area contributed by atoms with Crippen molar-refractivity contribution >= 4 is 21.6 Å². The molecule has 22 heavy (non-hydrogen) atoms. The number of sulfonamides is 1. The van der Waals surface area contributed by atoms with Gasteiger partial charge in [0.05, 0.1) is 29.2 Å². The van der Waals surface area contributed by atoms with Gasteiger partial charge in [0.2, 0.25) is 15.9 Å². The summed E-state index contributed by atoms with van der Waals surface area (Å²) in [7, 11) is -3.25. The van der Waals surface area contributed by atoms with E-state index in [1.54, 1.807) is 24.2 Å². The van der Waals surface area contributed by atoms with Crippen molar-refractivity contribution in [1.29, 1.82) is 0 Å². The zero-order chi connectivity index (χ0) is 15.8. The third-order valence-electron chi connectivity index (χ3n) is 4.67. The maximum Gasteiger partial charge on any atom is 0.234 e. The number of hydrogen-bond acceptors (Lipinski definition) is 5. The van der Waals surface area contributed by atoms with Gasteiger partial charge in [-0.25, -0.2) is 22.7 Å². The van der Waals surface area contributed by atoms with Gasteiger partial charge in [0.1, 0.15) is 6.33 Å². The van der Waals surface area contributed by atoms with Gasteiger partial charge in [0.15, 0.2) is 0 Å². The van der Waals surface area contributed by atoms with E-state index < -0.39 is 15.4 Å². The molecule has 0 aromatic carbocycles. The first-order valence-electron chi connectivity index (χ1n) is 7.53. The molecule has 2 saturated heterocycles. The van der Waals surface area contributed by atoms with Crippen molar-refractivity contribution in [2.45, 2.75) is 26.2 Å². The van der Waals surface area contributed by atoms with Gasteiger partial charge < -0.3 is 4.90 Å². The number of amides is 1. The first-order valence-corrected chi connectivity index (χ1v) is 9.14. The van der Waals surface area contributed by atoms with Crippen molar-refractivity contribution in [3.05, 3.63) is 18.7 Å². The zero-order valence-corrected chi connectivity index (χ0v) is 13.4. The number of nitrogens with zero attached hydrogens (tertiary/aromatic N) is 4. The van der Waals surface area contributed by atoms with Crippen LogP contribution in [0.3, 0.4) is 0 Å². The van der Waals surface area contributed by atoms with E-state index in [2.05, 4.69) is 9.97 Å². The van der Waals surface area contributed by atoms with Crippen molar-refractivity contribution in [3.8, 4) is 0 Å². The molecule has 0 saturated carbocycles. The lowest BCUT2D eigenvalue weighted by Crippen LogP contribution is -2.50. The van der Waals surface area contributed by atoms with Crippen LogP contribution in [-0.2, 0) is 14.8 Å². The first kappa shape index (κ1) is 15.4. The molecule has 3 heterocycles. The number of anilines is 1. The van der Waals surface area contributed by atoms with Crippen LogP contribution in [0.15, 0.2) is 18.7 Å². The van der Waals surface area contributed by atoms with Crippen molar-refractivity contribution in [2.75, 3.05) is 30.3 Å². The monoisotopic (exact) mass is 324 g/mol. The third-order valence-corrected chi connectivity index (χ3v) is 6.50. The van der Waals surface area contributed by atoms with E-state index >= 15 is 0 Å². The van der Waals surface area contributed by atoms with Gasteiger partial charge in [0.25, 0.3) is 0 Å². The second kappa shape index (κ2) is 5.58. The van der Waals surface area contributed by atoms with Gasteiger partial charge in [-0.15, -0.1) is 0 Å². The number of hydrogen-bond donors (Lipinski definition) is 0. The average Bonchev–Trinajstić information content (AvgIpc) is 2.85. The van der Waals surface area contributed by atoms with Gasteiger partial charge in [0, 0.05) is 19.6 Å². The van der Waals surface area contributed by atoms with E-state index in [4.69, 9.17) is 0 Å². The molecule has 0 unspecified atom stereocenters. The summed E-state index contributed by atoms with van der Waals surface area (Å²) < 4.78 is 25.8. The summed E-state index contributed by atoms with van der Waals surface area (Å²) in [4.78, 5) is 22.5. The second-order valence-corrected chi connectivity index (χ2v) is 8.18. The quantitative estimate of drug-likeness (QED) is 0.815. The maximum atomic E-state index is 12.9. The number of carbonyl (C=O) groups is 1. The molecule has 0 aliphatic carbocycles. The van der Waals surface area contributed by atoms with Crippen LogP contribution in [-0.4, -0.2) is 54.0 Å². The standard InChI is InChI=1S/C14H20N4O3S/c1-2-22(20,21)17-6-3-4-14(10-17)5-7-18(13(14)19)12-8-15-11-16-9-12/h8-9,11H,2-7,10H2,1H3/t14-/m0/s1. The van der Waals surface area contributed by atoms with E-state index in [1.807, 2.05) is 0 Å². The lowest BCUT2D eigenvalue weighted by Gasteiger charge is -2.38.